The van der Waals surface area contributed by atoms with Gasteiger partial charge in [-0.15, -0.1) is 0 Å². The van der Waals surface area contributed by atoms with E-state index in [0.29, 0.717) is 45.4 Å². The number of nitrogens with two attached hydrogens (primary N) is 2. The molecule has 0 radical (unpaired) electrons. The standard InChI is InChI=1S/C35H67N5O6/c1-5-9-12-20-28(18-7-3)33(43)45-26-16-11-14-22-31(41)40-30(23-25-39-35(36)37)32(42)38-24-15-17-27-46-34(44)29(19-8-4)21-13-10-6-2/h28-30H,5-27H2,1-4H3,(H,38,42)(H,40,41)(H4,36,37,39). The van der Waals surface area contributed by atoms with Crippen LogP contribution in [0, 0.1) is 11.8 Å². The molecule has 6 N–H and O–H groups in total. The summed E-state index contributed by atoms with van der Waals surface area (Å²) in [4.78, 5) is 54.4. The smallest absolute Gasteiger partial charge is 0.308 e. The van der Waals surface area contributed by atoms with Crippen LogP contribution in [0.3, 0.4) is 0 Å². The highest BCUT2D eigenvalue weighted by atomic mass is 16.5. The Morgan fingerprint density at radius 1 is 0.630 bits per heavy atom. The van der Waals surface area contributed by atoms with Crippen LogP contribution in [0.5, 0.6) is 0 Å². The van der Waals surface area contributed by atoms with Crippen molar-refractivity contribution in [2.24, 2.45) is 28.3 Å². The third-order valence-corrected chi connectivity index (χ3v) is 8.02. The van der Waals surface area contributed by atoms with E-state index >= 15 is 0 Å². The Labute approximate surface area is 279 Å². The number of carbonyl (C=O) groups is 4. The zero-order valence-corrected chi connectivity index (χ0v) is 29.5. The number of guanidine groups is 1. The van der Waals surface area contributed by atoms with Crippen molar-refractivity contribution in [3.63, 3.8) is 0 Å². The first-order valence-corrected chi connectivity index (χ1v) is 18.2. The number of esters is 2. The minimum atomic E-state index is -0.768. The molecular weight excluding hydrogens is 586 g/mol. The van der Waals surface area contributed by atoms with Crippen LogP contribution in [0.25, 0.3) is 0 Å². The summed E-state index contributed by atoms with van der Waals surface area (Å²) in [7, 11) is 0. The number of hydrogen-bond donors (Lipinski definition) is 4. The first kappa shape index (κ1) is 43.1. The number of nitrogens with zero attached hydrogens (tertiary/aromatic N) is 1. The largest absolute Gasteiger partial charge is 0.465 e. The van der Waals surface area contributed by atoms with Gasteiger partial charge in [0.15, 0.2) is 5.96 Å². The number of hydrogen-bond acceptors (Lipinski definition) is 7. The number of amides is 2. The Morgan fingerprint density at radius 3 is 1.67 bits per heavy atom. The molecule has 0 heterocycles. The Morgan fingerprint density at radius 2 is 1.17 bits per heavy atom. The number of unbranched alkanes of at least 4 members (excludes halogenated alkanes) is 7. The summed E-state index contributed by atoms with van der Waals surface area (Å²) in [6.07, 6.45) is 15.8. The number of ether oxygens (including phenoxy) is 2. The van der Waals surface area contributed by atoms with Gasteiger partial charge >= 0.3 is 11.9 Å². The molecule has 0 aliphatic rings. The van der Waals surface area contributed by atoms with Crippen molar-refractivity contribution in [2.45, 2.75) is 156 Å². The number of aliphatic imine (C=N–C) groups is 1. The van der Waals surface area contributed by atoms with Gasteiger partial charge in [0, 0.05) is 19.5 Å². The van der Waals surface area contributed by atoms with Crippen molar-refractivity contribution in [1.82, 2.24) is 10.6 Å². The molecule has 0 rings (SSSR count). The molecule has 268 valence electrons. The SMILES string of the molecule is CCCCCC(CCC)C(=O)OCCCCCC(=O)NC(CCN=C(N)N)C(=O)NCCCCOC(=O)C(CCC)CCCCC. The van der Waals surface area contributed by atoms with Gasteiger partial charge in [-0.05, 0) is 64.2 Å². The van der Waals surface area contributed by atoms with Gasteiger partial charge in [0.2, 0.25) is 11.8 Å². The van der Waals surface area contributed by atoms with E-state index in [1.807, 2.05) is 0 Å². The van der Waals surface area contributed by atoms with Crippen LogP contribution in [0.15, 0.2) is 4.99 Å². The molecule has 0 aliphatic carbocycles. The molecule has 0 aliphatic heterocycles. The van der Waals surface area contributed by atoms with E-state index in [4.69, 9.17) is 20.9 Å². The van der Waals surface area contributed by atoms with Crippen molar-refractivity contribution in [3.05, 3.63) is 0 Å². The van der Waals surface area contributed by atoms with Crippen LogP contribution in [-0.4, -0.2) is 62.1 Å². The van der Waals surface area contributed by atoms with Crippen LogP contribution < -0.4 is 22.1 Å². The van der Waals surface area contributed by atoms with Gasteiger partial charge < -0.3 is 31.6 Å². The van der Waals surface area contributed by atoms with E-state index < -0.39 is 6.04 Å². The maximum absolute atomic E-state index is 12.9. The van der Waals surface area contributed by atoms with E-state index in [1.165, 1.54) is 0 Å². The average Bonchev–Trinajstić information content (AvgIpc) is 3.02. The van der Waals surface area contributed by atoms with Crippen molar-refractivity contribution in [3.8, 4) is 0 Å². The Hall–Kier alpha value is -2.85. The third-order valence-electron chi connectivity index (χ3n) is 8.02. The zero-order valence-electron chi connectivity index (χ0n) is 29.5. The fourth-order valence-corrected chi connectivity index (χ4v) is 5.30. The van der Waals surface area contributed by atoms with E-state index in [0.717, 1.165) is 83.5 Å². The minimum Gasteiger partial charge on any atom is -0.465 e. The lowest BCUT2D eigenvalue weighted by molar-refractivity contribution is -0.150. The Balaban J connectivity index is 4.49. The van der Waals surface area contributed by atoms with Gasteiger partial charge in [-0.25, -0.2) is 0 Å². The van der Waals surface area contributed by atoms with Gasteiger partial charge in [0.25, 0.3) is 0 Å². The number of rotatable bonds is 30. The van der Waals surface area contributed by atoms with Crippen LogP contribution >= 0.6 is 0 Å². The second-order valence-corrected chi connectivity index (χ2v) is 12.3. The van der Waals surface area contributed by atoms with E-state index in [-0.39, 0.29) is 60.9 Å². The molecule has 0 saturated carbocycles. The molecule has 0 bridgehead atoms. The highest BCUT2D eigenvalue weighted by Gasteiger charge is 2.21. The average molecular weight is 654 g/mol. The summed E-state index contributed by atoms with van der Waals surface area (Å²) in [5.74, 6) is -0.893. The van der Waals surface area contributed by atoms with Gasteiger partial charge in [-0.2, -0.15) is 0 Å². The molecule has 11 nitrogen and oxygen atoms in total. The molecule has 0 aromatic heterocycles. The first-order chi connectivity index (χ1) is 22.2. The third kappa shape index (κ3) is 23.5. The highest BCUT2D eigenvalue weighted by molar-refractivity contribution is 5.87. The summed E-state index contributed by atoms with van der Waals surface area (Å²) >= 11 is 0. The molecule has 0 aromatic carbocycles. The van der Waals surface area contributed by atoms with Crippen LogP contribution in [-0.2, 0) is 28.7 Å². The summed E-state index contributed by atoms with van der Waals surface area (Å²) in [6.45, 7) is 9.75. The predicted molar refractivity (Wildman–Crippen MR) is 185 cm³/mol. The molecule has 11 heteroatoms. The molecule has 0 saturated heterocycles. The Kier molecular flexibility index (Phi) is 27.7. The monoisotopic (exact) mass is 654 g/mol. The Bertz CT molecular complexity index is 849. The quantitative estimate of drug-likeness (QED) is 0.0332. The zero-order chi connectivity index (χ0) is 34.4. The van der Waals surface area contributed by atoms with Gasteiger partial charge in [0.1, 0.15) is 6.04 Å². The van der Waals surface area contributed by atoms with Crippen LogP contribution in [0.1, 0.15) is 150 Å². The maximum atomic E-state index is 12.9. The van der Waals surface area contributed by atoms with Crippen molar-refractivity contribution >= 4 is 29.7 Å². The van der Waals surface area contributed by atoms with Crippen LogP contribution in [0.2, 0.25) is 0 Å². The molecule has 0 spiro atoms. The predicted octanol–water partition coefficient (Wildman–Crippen LogP) is 5.67. The van der Waals surface area contributed by atoms with E-state index in [9.17, 15) is 19.2 Å². The van der Waals surface area contributed by atoms with Gasteiger partial charge in [-0.1, -0.05) is 79.1 Å². The first-order valence-electron chi connectivity index (χ1n) is 18.2. The maximum Gasteiger partial charge on any atom is 0.308 e. The fraction of sp³-hybridized carbons (Fsp3) is 0.857. The summed E-state index contributed by atoms with van der Waals surface area (Å²) in [6, 6.07) is -0.768. The second-order valence-electron chi connectivity index (χ2n) is 12.3. The molecule has 2 amide bonds. The molecule has 3 unspecified atom stereocenters. The van der Waals surface area contributed by atoms with Crippen LogP contribution in [0.4, 0.5) is 0 Å². The number of carbonyl (C=O) groups excluding carboxylic acids is 4. The van der Waals surface area contributed by atoms with Gasteiger partial charge in [0.05, 0.1) is 25.0 Å². The molecule has 3 atom stereocenters. The lowest BCUT2D eigenvalue weighted by Gasteiger charge is -2.18. The topological polar surface area (TPSA) is 175 Å². The number of nitrogens with one attached hydrogen (secondary N) is 2. The lowest BCUT2D eigenvalue weighted by Crippen LogP contribution is -2.47. The molecular formula is C35H67N5O6. The fourth-order valence-electron chi connectivity index (χ4n) is 5.30. The van der Waals surface area contributed by atoms with E-state index in [2.05, 4.69) is 43.3 Å². The van der Waals surface area contributed by atoms with Crippen molar-refractivity contribution in [2.75, 3.05) is 26.3 Å². The van der Waals surface area contributed by atoms with Crippen molar-refractivity contribution < 1.29 is 28.7 Å². The molecule has 46 heavy (non-hydrogen) atoms. The minimum absolute atomic E-state index is 0.0229. The summed E-state index contributed by atoms with van der Waals surface area (Å²) in [5.41, 5.74) is 10.9. The van der Waals surface area contributed by atoms with Gasteiger partial charge in [-0.3, -0.25) is 24.2 Å². The van der Waals surface area contributed by atoms with Crippen molar-refractivity contribution in [1.29, 1.82) is 0 Å². The normalized spacial score (nSPS) is 12.9. The second kappa shape index (κ2) is 29.5. The highest BCUT2D eigenvalue weighted by Crippen LogP contribution is 2.19. The lowest BCUT2D eigenvalue weighted by atomic mass is 9.97. The van der Waals surface area contributed by atoms with E-state index in [1.54, 1.807) is 0 Å². The molecule has 0 fully saturated rings. The molecule has 0 aromatic rings. The summed E-state index contributed by atoms with van der Waals surface area (Å²) in [5, 5.41) is 5.68. The summed E-state index contributed by atoms with van der Waals surface area (Å²) < 4.78 is 11.0.